The topological polar surface area (TPSA) is 64.2 Å². The largest absolute Gasteiger partial charge is 0.462 e. The minimum atomic E-state index is -4.55. The Morgan fingerprint density at radius 1 is 1.30 bits per heavy atom. The molecule has 0 fully saturated rings. The molecular weight excluding hydrogens is 313 g/mol. The van der Waals surface area contributed by atoms with Crippen LogP contribution < -0.4 is 0 Å². The number of aromatic nitrogens is 3. The highest BCUT2D eigenvalue weighted by molar-refractivity contribution is 5.91. The van der Waals surface area contributed by atoms with Gasteiger partial charge in [0, 0.05) is 19.2 Å². The minimum Gasteiger partial charge on any atom is -0.462 e. The first-order valence-corrected chi connectivity index (χ1v) is 6.87. The fourth-order valence-electron chi connectivity index (χ4n) is 2.36. The first-order valence-electron chi connectivity index (χ1n) is 6.87. The Balaban J connectivity index is 1.71. The van der Waals surface area contributed by atoms with Gasteiger partial charge < -0.3 is 13.9 Å². The molecule has 0 atom stereocenters. The van der Waals surface area contributed by atoms with Crippen LogP contribution in [0.1, 0.15) is 23.2 Å². The Morgan fingerprint density at radius 2 is 2.09 bits per heavy atom. The number of halogens is 3. The smallest absolute Gasteiger partial charge is 0.451 e. The molecule has 3 heterocycles. The molecule has 3 rings (SSSR count). The number of carbonyl (C=O) groups is 1. The van der Waals surface area contributed by atoms with Crippen molar-refractivity contribution in [3.05, 3.63) is 41.4 Å². The second-order valence-electron chi connectivity index (χ2n) is 5.13. The van der Waals surface area contributed by atoms with E-state index in [9.17, 15) is 18.0 Å². The Morgan fingerprint density at radius 3 is 2.74 bits per heavy atom. The highest BCUT2D eigenvalue weighted by Gasteiger charge is 2.39. The van der Waals surface area contributed by atoms with Gasteiger partial charge in [-0.25, -0.2) is 0 Å². The van der Waals surface area contributed by atoms with Gasteiger partial charge in [0.1, 0.15) is 11.5 Å². The van der Waals surface area contributed by atoms with E-state index in [1.807, 2.05) is 0 Å². The van der Waals surface area contributed by atoms with Gasteiger partial charge in [-0.1, -0.05) is 0 Å². The van der Waals surface area contributed by atoms with E-state index in [1.54, 1.807) is 19.1 Å². The van der Waals surface area contributed by atoms with Crippen LogP contribution in [0.15, 0.2) is 22.6 Å². The molecule has 0 radical (unpaired) electrons. The van der Waals surface area contributed by atoms with Crippen molar-refractivity contribution in [2.45, 2.75) is 26.2 Å². The minimum absolute atomic E-state index is 0.0105. The number of carbonyl (C=O) groups excluding carboxylic acids is 1. The lowest BCUT2D eigenvalue weighted by Crippen LogP contribution is -2.38. The normalized spacial score (nSPS) is 15.2. The van der Waals surface area contributed by atoms with Gasteiger partial charge in [0.05, 0.1) is 6.54 Å². The summed E-state index contributed by atoms with van der Waals surface area (Å²) in [6.07, 6.45) is -1.70. The molecule has 0 saturated carbocycles. The second-order valence-corrected chi connectivity index (χ2v) is 5.13. The van der Waals surface area contributed by atoms with Crippen molar-refractivity contribution in [2.24, 2.45) is 0 Å². The van der Waals surface area contributed by atoms with Gasteiger partial charge in [-0.2, -0.15) is 13.2 Å². The summed E-state index contributed by atoms with van der Waals surface area (Å²) in [7, 11) is 0. The van der Waals surface area contributed by atoms with Gasteiger partial charge in [0.15, 0.2) is 5.82 Å². The molecule has 1 aliphatic rings. The van der Waals surface area contributed by atoms with E-state index in [-0.39, 0.29) is 31.4 Å². The van der Waals surface area contributed by atoms with Crippen molar-refractivity contribution in [1.82, 2.24) is 19.7 Å². The van der Waals surface area contributed by atoms with Gasteiger partial charge in [0.25, 0.3) is 0 Å². The van der Waals surface area contributed by atoms with Crippen LogP contribution in [0.2, 0.25) is 0 Å². The molecule has 23 heavy (non-hydrogen) atoms. The number of rotatable bonds is 2. The van der Waals surface area contributed by atoms with Crippen LogP contribution in [0.25, 0.3) is 6.08 Å². The highest BCUT2D eigenvalue weighted by atomic mass is 19.4. The summed E-state index contributed by atoms with van der Waals surface area (Å²) in [6, 6.07) is 3.49. The molecule has 0 bridgehead atoms. The van der Waals surface area contributed by atoms with E-state index in [1.165, 1.54) is 17.1 Å². The second kappa shape index (κ2) is 5.56. The third-order valence-electron chi connectivity index (χ3n) is 3.47. The number of amides is 1. The van der Waals surface area contributed by atoms with Crippen LogP contribution >= 0.6 is 0 Å². The summed E-state index contributed by atoms with van der Waals surface area (Å²) in [6.45, 7) is 1.95. The van der Waals surface area contributed by atoms with Crippen molar-refractivity contribution >= 4 is 12.0 Å². The standard InChI is InChI=1S/C14H13F3N4O2/c1-9-2-3-10(23-9)4-5-12(22)20-6-7-21-11(8-20)18-19-13(21)14(15,16)17/h2-5H,6-8H2,1H3/b5-4+. The summed E-state index contributed by atoms with van der Waals surface area (Å²) < 4.78 is 44.6. The van der Waals surface area contributed by atoms with Crippen LogP contribution in [-0.2, 0) is 24.1 Å². The number of hydrogen-bond acceptors (Lipinski definition) is 4. The number of nitrogens with zero attached hydrogens (tertiary/aromatic N) is 4. The number of aryl methyl sites for hydroxylation is 1. The molecule has 9 heteroatoms. The van der Waals surface area contributed by atoms with Crippen LogP contribution in [0, 0.1) is 6.92 Å². The molecule has 0 aliphatic carbocycles. The van der Waals surface area contributed by atoms with E-state index < -0.39 is 12.0 Å². The fourth-order valence-corrected chi connectivity index (χ4v) is 2.36. The zero-order chi connectivity index (χ0) is 16.6. The van der Waals surface area contributed by atoms with Crippen molar-refractivity contribution in [3.63, 3.8) is 0 Å². The zero-order valence-corrected chi connectivity index (χ0v) is 12.2. The van der Waals surface area contributed by atoms with Gasteiger partial charge in [-0.15, -0.1) is 10.2 Å². The number of furan rings is 1. The summed E-state index contributed by atoms with van der Waals surface area (Å²) in [4.78, 5) is 13.5. The molecule has 0 unspecified atom stereocenters. The fraction of sp³-hybridized carbons (Fsp3) is 0.357. The lowest BCUT2D eigenvalue weighted by molar-refractivity contribution is -0.148. The maximum Gasteiger partial charge on any atom is 0.451 e. The summed E-state index contributed by atoms with van der Waals surface area (Å²) >= 11 is 0. The lowest BCUT2D eigenvalue weighted by atomic mass is 10.3. The molecule has 122 valence electrons. The van der Waals surface area contributed by atoms with Crippen LogP contribution in [0.3, 0.4) is 0 Å². The molecule has 2 aromatic heterocycles. The van der Waals surface area contributed by atoms with E-state index in [0.29, 0.717) is 5.76 Å². The number of hydrogen-bond donors (Lipinski definition) is 0. The molecule has 0 spiro atoms. The predicted molar refractivity (Wildman–Crippen MR) is 72.9 cm³/mol. The molecular formula is C14H13F3N4O2. The van der Waals surface area contributed by atoms with Crippen LogP contribution in [0.4, 0.5) is 13.2 Å². The monoisotopic (exact) mass is 326 g/mol. The van der Waals surface area contributed by atoms with E-state index in [0.717, 1.165) is 10.3 Å². The van der Waals surface area contributed by atoms with Crippen LogP contribution in [0.5, 0.6) is 0 Å². The van der Waals surface area contributed by atoms with Gasteiger partial charge >= 0.3 is 6.18 Å². The third kappa shape index (κ3) is 3.13. The molecule has 0 N–H and O–H groups in total. The maximum absolute atomic E-state index is 12.7. The van der Waals surface area contributed by atoms with Gasteiger partial charge in [-0.05, 0) is 25.1 Å². The van der Waals surface area contributed by atoms with Crippen molar-refractivity contribution in [3.8, 4) is 0 Å². The van der Waals surface area contributed by atoms with Crippen molar-refractivity contribution in [1.29, 1.82) is 0 Å². The molecule has 0 saturated heterocycles. The Labute approximate surface area is 129 Å². The van der Waals surface area contributed by atoms with E-state index in [4.69, 9.17) is 4.42 Å². The first-order chi connectivity index (χ1) is 10.8. The lowest BCUT2D eigenvalue weighted by Gasteiger charge is -2.27. The van der Waals surface area contributed by atoms with E-state index >= 15 is 0 Å². The Kier molecular flexibility index (Phi) is 3.70. The quantitative estimate of drug-likeness (QED) is 0.794. The maximum atomic E-state index is 12.7. The van der Waals surface area contributed by atoms with Crippen molar-refractivity contribution in [2.75, 3.05) is 6.54 Å². The average molecular weight is 326 g/mol. The van der Waals surface area contributed by atoms with Crippen LogP contribution in [-0.4, -0.2) is 32.1 Å². The summed E-state index contributed by atoms with van der Waals surface area (Å²) in [5.74, 6) is 0.0421. The van der Waals surface area contributed by atoms with Gasteiger partial charge in [0.2, 0.25) is 11.7 Å². The summed E-state index contributed by atoms with van der Waals surface area (Å²) in [5.41, 5.74) is 0. The molecule has 2 aromatic rings. The zero-order valence-electron chi connectivity index (χ0n) is 12.2. The number of fused-ring (bicyclic) bond motifs is 1. The SMILES string of the molecule is Cc1ccc(/C=C/C(=O)N2CCn3c(nnc3C(F)(F)F)C2)o1. The Hall–Kier alpha value is -2.58. The summed E-state index contributed by atoms with van der Waals surface area (Å²) in [5, 5.41) is 6.71. The third-order valence-corrected chi connectivity index (χ3v) is 3.47. The van der Waals surface area contributed by atoms with Crippen molar-refractivity contribution < 1.29 is 22.4 Å². The molecule has 1 amide bonds. The average Bonchev–Trinajstić information content (AvgIpc) is 3.09. The molecule has 0 aromatic carbocycles. The van der Waals surface area contributed by atoms with E-state index in [2.05, 4.69) is 10.2 Å². The van der Waals surface area contributed by atoms with Gasteiger partial charge in [-0.3, -0.25) is 4.79 Å². The molecule has 6 nitrogen and oxygen atoms in total. The first kappa shape index (κ1) is 15.3. The highest BCUT2D eigenvalue weighted by Crippen LogP contribution is 2.29. The Bertz CT molecular complexity index is 760. The number of alkyl halides is 3. The predicted octanol–water partition coefficient (Wildman–Crippen LogP) is 2.25. The molecule has 1 aliphatic heterocycles.